The van der Waals surface area contributed by atoms with Crippen molar-refractivity contribution in [2.24, 2.45) is 0 Å². The first-order valence-corrected chi connectivity index (χ1v) is 6.45. The number of benzene rings is 1. The fourth-order valence-electron chi connectivity index (χ4n) is 2.32. The molecule has 3 heteroatoms. The number of aromatic nitrogens is 1. The van der Waals surface area contributed by atoms with E-state index in [2.05, 4.69) is 37.1 Å². The molecule has 3 nitrogen and oxygen atoms in total. The molecule has 96 valence electrons. The molecule has 0 atom stereocenters. The SMILES string of the molecule is CCCC(C)(C)Nc1c(N)cnc2ccccc12. The lowest BCUT2D eigenvalue weighted by Crippen LogP contribution is -2.31. The van der Waals surface area contributed by atoms with Crippen LogP contribution in [0.4, 0.5) is 11.4 Å². The quantitative estimate of drug-likeness (QED) is 0.858. The number of nitrogen functional groups attached to an aromatic ring is 1. The van der Waals surface area contributed by atoms with Gasteiger partial charge in [-0.05, 0) is 26.3 Å². The second-order valence-corrected chi connectivity index (χ2v) is 5.36. The number of nitrogens with two attached hydrogens (primary N) is 1. The molecule has 0 aliphatic rings. The molecule has 0 spiro atoms. The fraction of sp³-hybridized carbons (Fsp3) is 0.400. The second kappa shape index (κ2) is 4.84. The smallest absolute Gasteiger partial charge is 0.0743 e. The normalized spacial score (nSPS) is 11.7. The van der Waals surface area contributed by atoms with Crippen molar-refractivity contribution in [1.29, 1.82) is 0 Å². The van der Waals surface area contributed by atoms with Gasteiger partial charge in [-0.1, -0.05) is 31.5 Å². The van der Waals surface area contributed by atoms with E-state index in [9.17, 15) is 0 Å². The van der Waals surface area contributed by atoms with Crippen LogP contribution in [0.3, 0.4) is 0 Å². The molecule has 0 fully saturated rings. The highest BCUT2D eigenvalue weighted by Crippen LogP contribution is 2.31. The zero-order chi connectivity index (χ0) is 13.2. The highest BCUT2D eigenvalue weighted by Gasteiger charge is 2.18. The molecule has 0 radical (unpaired) electrons. The first-order valence-electron chi connectivity index (χ1n) is 6.45. The zero-order valence-corrected chi connectivity index (χ0v) is 11.3. The van der Waals surface area contributed by atoms with Crippen LogP contribution >= 0.6 is 0 Å². The Bertz CT molecular complexity index is 546. The Morgan fingerprint density at radius 2 is 2.00 bits per heavy atom. The maximum absolute atomic E-state index is 6.06. The lowest BCUT2D eigenvalue weighted by Gasteiger charge is -2.28. The number of anilines is 2. The Morgan fingerprint density at radius 3 is 2.72 bits per heavy atom. The number of nitrogens with one attached hydrogen (secondary N) is 1. The number of para-hydroxylation sites is 1. The highest BCUT2D eigenvalue weighted by atomic mass is 15.0. The van der Waals surface area contributed by atoms with Crippen LogP contribution in [0.2, 0.25) is 0 Å². The van der Waals surface area contributed by atoms with Crippen LogP contribution in [0.25, 0.3) is 10.9 Å². The topological polar surface area (TPSA) is 50.9 Å². The molecule has 0 aliphatic heterocycles. The fourth-order valence-corrected chi connectivity index (χ4v) is 2.32. The lowest BCUT2D eigenvalue weighted by molar-refractivity contribution is 0.512. The van der Waals surface area contributed by atoms with E-state index < -0.39 is 0 Å². The van der Waals surface area contributed by atoms with Crippen LogP contribution in [0, 0.1) is 0 Å². The largest absolute Gasteiger partial charge is 0.396 e. The van der Waals surface area contributed by atoms with Gasteiger partial charge >= 0.3 is 0 Å². The van der Waals surface area contributed by atoms with Gasteiger partial charge in [0.25, 0.3) is 0 Å². The summed E-state index contributed by atoms with van der Waals surface area (Å²) >= 11 is 0. The van der Waals surface area contributed by atoms with E-state index in [0.717, 1.165) is 29.4 Å². The molecule has 0 amide bonds. The average Bonchev–Trinajstić information content (AvgIpc) is 2.33. The van der Waals surface area contributed by atoms with Gasteiger partial charge in [-0.25, -0.2) is 0 Å². The number of hydrogen-bond donors (Lipinski definition) is 2. The second-order valence-electron chi connectivity index (χ2n) is 5.36. The Kier molecular flexibility index (Phi) is 3.41. The summed E-state index contributed by atoms with van der Waals surface area (Å²) in [6, 6.07) is 8.07. The number of rotatable bonds is 4. The van der Waals surface area contributed by atoms with Crippen molar-refractivity contribution < 1.29 is 0 Å². The minimum atomic E-state index is 0.0347. The average molecular weight is 243 g/mol. The van der Waals surface area contributed by atoms with Crippen LogP contribution in [0.1, 0.15) is 33.6 Å². The van der Waals surface area contributed by atoms with Crippen LogP contribution in [-0.2, 0) is 0 Å². The van der Waals surface area contributed by atoms with E-state index in [1.165, 1.54) is 0 Å². The van der Waals surface area contributed by atoms with Crippen molar-refractivity contribution in [2.75, 3.05) is 11.1 Å². The van der Waals surface area contributed by atoms with Gasteiger partial charge in [-0.15, -0.1) is 0 Å². The third-order valence-electron chi connectivity index (χ3n) is 3.14. The maximum atomic E-state index is 6.06. The van der Waals surface area contributed by atoms with Gasteiger partial charge in [0.1, 0.15) is 0 Å². The molecule has 0 saturated carbocycles. The predicted octanol–water partition coefficient (Wildman–Crippen LogP) is 3.81. The Labute approximate surface area is 108 Å². The summed E-state index contributed by atoms with van der Waals surface area (Å²) in [5, 5.41) is 4.65. The van der Waals surface area contributed by atoms with Crippen LogP contribution in [-0.4, -0.2) is 10.5 Å². The molecule has 3 N–H and O–H groups in total. The third kappa shape index (κ3) is 2.55. The Morgan fingerprint density at radius 1 is 1.28 bits per heavy atom. The minimum absolute atomic E-state index is 0.0347. The van der Waals surface area contributed by atoms with Crippen molar-refractivity contribution in [1.82, 2.24) is 4.98 Å². The Balaban J connectivity index is 2.46. The standard InChI is InChI=1S/C15H21N3/c1-4-9-15(2,3)18-14-11-7-5-6-8-13(11)17-10-12(14)16/h5-8,10H,4,9,16H2,1-3H3,(H,17,18). The maximum Gasteiger partial charge on any atom is 0.0743 e. The highest BCUT2D eigenvalue weighted by molar-refractivity contribution is 5.97. The van der Waals surface area contributed by atoms with Crippen molar-refractivity contribution in [3.63, 3.8) is 0 Å². The molecule has 0 unspecified atom stereocenters. The molecule has 0 aliphatic carbocycles. The number of hydrogen-bond acceptors (Lipinski definition) is 3. The molecule has 2 rings (SSSR count). The van der Waals surface area contributed by atoms with Crippen molar-refractivity contribution in [2.45, 2.75) is 39.2 Å². The third-order valence-corrected chi connectivity index (χ3v) is 3.14. The molecule has 2 aromatic rings. The molecule has 1 aromatic heterocycles. The summed E-state index contributed by atoms with van der Waals surface area (Å²) in [6.45, 7) is 6.59. The predicted molar refractivity (Wildman–Crippen MR) is 78.8 cm³/mol. The summed E-state index contributed by atoms with van der Waals surface area (Å²) in [5.41, 5.74) is 8.78. The van der Waals surface area contributed by atoms with Gasteiger partial charge in [-0.3, -0.25) is 4.98 Å². The van der Waals surface area contributed by atoms with Crippen molar-refractivity contribution >= 4 is 22.3 Å². The number of nitrogens with zero attached hydrogens (tertiary/aromatic N) is 1. The van der Waals surface area contributed by atoms with E-state index >= 15 is 0 Å². The van der Waals surface area contributed by atoms with Gasteiger partial charge in [0.15, 0.2) is 0 Å². The van der Waals surface area contributed by atoms with Crippen LogP contribution in [0.5, 0.6) is 0 Å². The van der Waals surface area contributed by atoms with E-state index in [4.69, 9.17) is 5.73 Å². The van der Waals surface area contributed by atoms with E-state index in [1.807, 2.05) is 18.2 Å². The molecule has 1 aromatic carbocycles. The van der Waals surface area contributed by atoms with Gasteiger partial charge in [0, 0.05) is 10.9 Å². The summed E-state index contributed by atoms with van der Waals surface area (Å²) in [7, 11) is 0. The summed E-state index contributed by atoms with van der Waals surface area (Å²) in [4.78, 5) is 4.35. The van der Waals surface area contributed by atoms with Crippen LogP contribution < -0.4 is 11.1 Å². The van der Waals surface area contributed by atoms with Gasteiger partial charge in [0.05, 0.1) is 23.1 Å². The van der Waals surface area contributed by atoms with E-state index in [1.54, 1.807) is 6.20 Å². The minimum Gasteiger partial charge on any atom is -0.396 e. The van der Waals surface area contributed by atoms with Gasteiger partial charge in [0.2, 0.25) is 0 Å². The first-order chi connectivity index (χ1) is 8.53. The lowest BCUT2D eigenvalue weighted by atomic mass is 9.97. The first kappa shape index (κ1) is 12.7. The molecular weight excluding hydrogens is 222 g/mol. The summed E-state index contributed by atoms with van der Waals surface area (Å²) in [6.07, 6.45) is 3.97. The van der Waals surface area contributed by atoms with Crippen molar-refractivity contribution in [3.05, 3.63) is 30.5 Å². The van der Waals surface area contributed by atoms with Gasteiger partial charge in [-0.2, -0.15) is 0 Å². The zero-order valence-electron chi connectivity index (χ0n) is 11.3. The molecule has 1 heterocycles. The molecule has 0 bridgehead atoms. The molecular formula is C15H21N3. The van der Waals surface area contributed by atoms with E-state index in [0.29, 0.717) is 5.69 Å². The monoisotopic (exact) mass is 243 g/mol. The van der Waals surface area contributed by atoms with E-state index in [-0.39, 0.29) is 5.54 Å². The van der Waals surface area contributed by atoms with Crippen LogP contribution in [0.15, 0.2) is 30.5 Å². The summed E-state index contributed by atoms with van der Waals surface area (Å²) in [5.74, 6) is 0. The summed E-state index contributed by atoms with van der Waals surface area (Å²) < 4.78 is 0. The number of pyridine rings is 1. The van der Waals surface area contributed by atoms with Gasteiger partial charge < -0.3 is 11.1 Å². The Hall–Kier alpha value is -1.77. The van der Waals surface area contributed by atoms with Crippen molar-refractivity contribution in [3.8, 4) is 0 Å². The molecule has 0 saturated heterocycles. The number of fused-ring (bicyclic) bond motifs is 1. The molecule has 18 heavy (non-hydrogen) atoms.